The maximum Gasteiger partial charge on any atom is 0.104 e. The van der Waals surface area contributed by atoms with Gasteiger partial charge < -0.3 is 5.32 Å². The van der Waals surface area contributed by atoms with Crippen molar-refractivity contribution in [3.8, 4) is 0 Å². The molecular weight excluding hydrogens is 166 g/mol. The molecule has 13 heavy (non-hydrogen) atoms. The number of aromatic nitrogens is 3. The minimum Gasteiger partial charge on any atom is -0.313 e. The predicted octanol–water partition coefficient (Wildman–Crippen LogP) is -0.311. The van der Waals surface area contributed by atoms with E-state index in [1.165, 1.54) is 0 Å². The molecule has 1 saturated heterocycles. The van der Waals surface area contributed by atoms with Crippen molar-refractivity contribution < 1.29 is 0 Å². The summed E-state index contributed by atoms with van der Waals surface area (Å²) in [6.07, 6.45) is 0. The zero-order chi connectivity index (χ0) is 9.26. The van der Waals surface area contributed by atoms with Gasteiger partial charge in [0, 0.05) is 19.6 Å². The van der Waals surface area contributed by atoms with E-state index in [1.54, 1.807) is 0 Å². The standard InChI is InChI=1S/C8H15N5/c1-6-8(11-12-10-6)7-5-9-3-4-13(7)2/h7,9H,3-5H2,1-2H3,(H,10,11,12). The molecule has 0 bridgehead atoms. The maximum absolute atomic E-state index is 4.17. The van der Waals surface area contributed by atoms with Gasteiger partial charge in [-0.2, -0.15) is 15.4 Å². The molecule has 0 amide bonds. The Morgan fingerprint density at radius 2 is 2.31 bits per heavy atom. The Hall–Kier alpha value is -0.940. The highest BCUT2D eigenvalue weighted by atomic mass is 15.3. The van der Waals surface area contributed by atoms with Crippen LogP contribution in [0.15, 0.2) is 0 Å². The average Bonchev–Trinajstić information content (AvgIpc) is 2.52. The first-order valence-electron chi connectivity index (χ1n) is 4.57. The fourth-order valence-electron chi connectivity index (χ4n) is 1.72. The highest BCUT2D eigenvalue weighted by molar-refractivity contribution is 5.12. The molecule has 1 atom stereocenters. The predicted molar refractivity (Wildman–Crippen MR) is 49.4 cm³/mol. The Morgan fingerprint density at radius 3 is 2.92 bits per heavy atom. The zero-order valence-corrected chi connectivity index (χ0v) is 8.04. The molecule has 2 heterocycles. The summed E-state index contributed by atoms with van der Waals surface area (Å²) in [5.41, 5.74) is 2.07. The first kappa shape index (κ1) is 8.65. The van der Waals surface area contributed by atoms with Gasteiger partial charge in [-0.15, -0.1) is 0 Å². The van der Waals surface area contributed by atoms with E-state index in [9.17, 15) is 0 Å². The van der Waals surface area contributed by atoms with Crippen LogP contribution in [0.3, 0.4) is 0 Å². The summed E-state index contributed by atoms with van der Waals surface area (Å²) in [6, 6.07) is 0.368. The Labute approximate surface area is 77.5 Å². The van der Waals surface area contributed by atoms with Gasteiger partial charge in [0.2, 0.25) is 0 Å². The molecule has 1 aromatic rings. The molecule has 0 radical (unpaired) electrons. The van der Waals surface area contributed by atoms with Gasteiger partial charge in [0.05, 0.1) is 11.7 Å². The van der Waals surface area contributed by atoms with Crippen LogP contribution in [0.5, 0.6) is 0 Å². The summed E-state index contributed by atoms with van der Waals surface area (Å²) in [5.74, 6) is 0. The zero-order valence-electron chi connectivity index (χ0n) is 8.04. The third-order valence-electron chi connectivity index (χ3n) is 2.59. The molecule has 5 nitrogen and oxygen atoms in total. The molecule has 0 aliphatic carbocycles. The van der Waals surface area contributed by atoms with Crippen LogP contribution < -0.4 is 5.32 Å². The van der Waals surface area contributed by atoms with Crippen LogP contribution in [0.2, 0.25) is 0 Å². The summed E-state index contributed by atoms with van der Waals surface area (Å²) in [6.45, 7) is 5.08. The van der Waals surface area contributed by atoms with Gasteiger partial charge in [-0.1, -0.05) is 0 Å². The van der Waals surface area contributed by atoms with Crippen molar-refractivity contribution in [2.75, 3.05) is 26.7 Å². The van der Waals surface area contributed by atoms with Crippen molar-refractivity contribution in [1.82, 2.24) is 25.6 Å². The molecule has 1 fully saturated rings. The number of rotatable bonds is 1. The molecular formula is C8H15N5. The van der Waals surface area contributed by atoms with Gasteiger partial charge in [-0.25, -0.2) is 0 Å². The molecule has 0 aromatic carbocycles. The number of nitrogens with zero attached hydrogens (tertiary/aromatic N) is 3. The van der Waals surface area contributed by atoms with Crippen LogP contribution in [0, 0.1) is 6.92 Å². The van der Waals surface area contributed by atoms with Gasteiger partial charge in [0.15, 0.2) is 0 Å². The fourth-order valence-corrected chi connectivity index (χ4v) is 1.72. The van der Waals surface area contributed by atoms with Crippen molar-refractivity contribution in [1.29, 1.82) is 0 Å². The number of piperazine rings is 1. The van der Waals surface area contributed by atoms with E-state index in [1.807, 2.05) is 6.92 Å². The van der Waals surface area contributed by atoms with Gasteiger partial charge in [-0.3, -0.25) is 4.90 Å². The third-order valence-corrected chi connectivity index (χ3v) is 2.59. The molecule has 72 valence electrons. The van der Waals surface area contributed by atoms with Crippen molar-refractivity contribution in [2.24, 2.45) is 0 Å². The van der Waals surface area contributed by atoms with Crippen LogP contribution >= 0.6 is 0 Å². The van der Waals surface area contributed by atoms with Crippen molar-refractivity contribution in [3.05, 3.63) is 11.4 Å². The van der Waals surface area contributed by atoms with E-state index in [2.05, 4.69) is 32.7 Å². The monoisotopic (exact) mass is 181 g/mol. The molecule has 0 spiro atoms. The minimum atomic E-state index is 0.368. The first-order valence-corrected chi connectivity index (χ1v) is 4.57. The van der Waals surface area contributed by atoms with Crippen LogP contribution in [0.1, 0.15) is 17.4 Å². The number of nitrogens with one attached hydrogen (secondary N) is 2. The summed E-state index contributed by atoms with van der Waals surface area (Å²) in [5, 5.41) is 14.2. The molecule has 1 unspecified atom stereocenters. The summed E-state index contributed by atoms with van der Waals surface area (Å²) >= 11 is 0. The van der Waals surface area contributed by atoms with Gasteiger partial charge in [0.1, 0.15) is 5.69 Å². The molecule has 5 heteroatoms. The van der Waals surface area contributed by atoms with E-state index in [4.69, 9.17) is 0 Å². The number of hydrogen-bond acceptors (Lipinski definition) is 4. The SMILES string of the molecule is Cc1n[nH]nc1C1CNCCN1C. The molecule has 1 aliphatic heterocycles. The normalized spacial score (nSPS) is 24.9. The molecule has 1 aliphatic rings. The Bertz CT molecular complexity index is 282. The second kappa shape index (κ2) is 3.43. The molecule has 2 rings (SSSR count). The molecule has 1 aromatic heterocycles. The highest BCUT2D eigenvalue weighted by Gasteiger charge is 2.24. The van der Waals surface area contributed by atoms with Crippen LogP contribution in [-0.2, 0) is 0 Å². The molecule has 0 saturated carbocycles. The lowest BCUT2D eigenvalue weighted by molar-refractivity contribution is 0.197. The van der Waals surface area contributed by atoms with Crippen molar-refractivity contribution in [2.45, 2.75) is 13.0 Å². The average molecular weight is 181 g/mol. The number of likely N-dealkylation sites (N-methyl/N-ethyl adjacent to an activating group) is 1. The van der Waals surface area contributed by atoms with Crippen molar-refractivity contribution in [3.63, 3.8) is 0 Å². The topological polar surface area (TPSA) is 56.8 Å². The fraction of sp³-hybridized carbons (Fsp3) is 0.750. The largest absolute Gasteiger partial charge is 0.313 e. The quantitative estimate of drug-likeness (QED) is 0.624. The number of hydrogen-bond donors (Lipinski definition) is 2. The van der Waals surface area contributed by atoms with Gasteiger partial charge >= 0.3 is 0 Å². The second-order valence-electron chi connectivity index (χ2n) is 3.49. The van der Waals surface area contributed by atoms with Crippen LogP contribution in [-0.4, -0.2) is 47.0 Å². The summed E-state index contributed by atoms with van der Waals surface area (Å²) in [7, 11) is 2.12. The minimum absolute atomic E-state index is 0.368. The lowest BCUT2D eigenvalue weighted by atomic mass is 10.1. The molecule has 2 N–H and O–H groups in total. The smallest absolute Gasteiger partial charge is 0.104 e. The first-order chi connectivity index (χ1) is 6.29. The Morgan fingerprint density at radius 1 is 1.46 bits per heavy atom. The maximum atomic E-state index is 4.17. The Balaban J connectivity index is 2.19. The number of aryl methyl sites for hydroxylation is 1. The number of H-pyrrole nitrogens is 1. The highest BCUT2D eigenvalue weighted by Crippen LogP contribution is 2.19. The van der Waals surface area contributed by atoms with E-state index >= 15 is 0 Å². The lowest BCUT2D eigenvalue weighted by Gasteiger charge is -2.31. The van der Waals surface area contributed by atoms with Crippen molar-refractivity contribution >= 4 is 0 Å². The summed E-state index contributed by atoms with van der Waals surface area (Å²) in [4.78, 5) is 2.31. The number of aromatic amines is 1. The van der Waals surface area contributed by atoms with Crippen LogP contribution in [0.4, 0.5) is 0 Å². The Kier molecular flexibility index (Phi) is 2.28. The lowest BCUT2D eigenvalue weighted by Crippen LogP contribution is -2.44. The van der Waals surface area contributed by atoms with E-state index in [0.717, 1.165) is 31.0 Å². The third kappa shape index (κ3) is 1.57. The van der Waals surface area contributed by atoms with Crippen LogP contribution in [0.25, 0.3) is 0 Å². The van der Waals surface area contributed by atoms with E-state index in [0.29, 0.717) is 6.04 Å². The van der Waals surface area contributed by atoms with Gasteiger partial charge in [0.25, 0.3) is 0 Å². The summed E-state index contributed by atoms with van der Waals surface area (Å²) < 4.78 is 0. The second-order valence-corrected chi connectivity index (χ2v) is 3.49. The van der Waals surface area contributed by atoms with E-state index < -0.39 is 0 Å². The van der Waals surface area contributed by atoms with Gasteiger partial charge in [-0.05, 0) is 14.0 Å². The van der Waals surface area contributed by atoms with E-state index in [-0.39, 0.29) is 0 Å².